The number of amides is 1. The van der Waals surface area contributed by atoms with Crippen molar-refractivity contribution in [3.63, 3.8) is 0 Å². The van der Waals surface area contributed by atoms with E-state index in [1.54, 1.807) is 24.2 Å². The lowest BCUT2D eigenvalue weighted by molar-refractivity contribution is -0.132. The molecule has 1 atom stereocenters. The number of ether oxygens (including phenoxy) is 1. The Labute approximate surface area is 146 Å². The number of halogens is 1. The molecule has 0 saturated carbocycles. The first-order chi connectivity index (χ1) is 11.7. The maximum absolute atomic E-state index is 12.5. The molecule has 1 amide bonds. The third-order valence-electron chi connectivity index (χ3n) is 4.18. The molecule has 1 fully saturated rings. The number of nitrogens with zero attached hydrogens (tertiary/aromatic N) is 3. The summed E-state index contributed by atoms with van der Waals surface area (Å²) in [5.74, 6) is 0.962. The van der Waals surface area contributed by atoms with Crippen LogP contribution in [-0.2, 0) is 11.3 Å². The molecule has 1 unspecified atom stereocenters. The molecule has 1 N–H and O–H groups in total. The summed E-state index contributed by atoms with van der Waals surface area (Å²) in [6.07, 6.45) is 3.73. The smallest absolute Gasteiger partial charge is 0.224 e. The average molecular weight is 349 g/mol. The first-order valence-corrected chi connectivity index (χ1v) is 8.36. The first-order valence-electron chi connectivity index (χ1n) is 7.99. The highest BCUT2D eigenvalue weighted by Gasteiger charge is 2.24. The molecule has 1 saturated heterocycles. The van der Waals surface area contributed by atoms with Gasteiger partial charge < -0.3 is 15.0 Å². The molecule has 0 spiro atoms. The van der Waals surface area contributed by atoms with Crippen LogP contribution in [0, 0.1) is 0 Å². The standard InChI is InChI=1S/C17H21ClN4O2/c1-24-15-4-2-3-13(9-15)16-12-21(8-6-19-16)17(23)5-7-22-11-14(18)10-20-22/h2-4,9-11,16,19H,5-8,12H2,1H3. The van der Waals surface area contributed by atoms with E-state index in [2.05, 4.69) is 16.5 Å². The molecule has 2 aromatic rings. The van der Waals surface area contributed by atoms with Crippen LogP contribution in [0.15, 0.2) is 36.7 Å². The van der Waals surface area contributed by atoms with Gasteiger partial charge in [0.1, 0.15) is 5.75 Å². The Morgan fingerprint density at radius 2 is 2.38 bits per heavy atom. The maximum Gasteiger partial charge on any atom is 0.224 e. The molecule has 1 aliphatic rings. The minimum absolute atomic E-state index is 0.122. The normalized spacial score (nSPS) is 17.8. The zero-order valence-corrected chi connectivity index (χ0v) is 14.4. The molecule has 0 aliphatic carbocycles. The van der Waals surface area contributed by atoms with E-state index < -0.39 is 0 Å². The predicted octanol–water partition coefficient (Wildman–Crippen LogP) is 2.11. The van der Waals surface area contributed by atoms with Crippen molar-refractivity contribution in [2.75, 3.05) is 26.7 Å². The highest BCUT2D eigenvalue weighted by Crippen LogP contribution is 2.22. The van der Waals surface area contributed by atoms with Gasteiger partial charge in [-0.2, -0.15) is 5.10 Å². The number of methoxy groups -OCH3 is 1. The summed E-state index contributed by atoms with van der Waals surface area (Å²) in [6.45, 7) is 2.70. The molecule has 2 heterocycles. The quantitative estimate of drug-likeness (QED) is 0.899. The van der Waals surface area contributed by atoms with Crippen LogP contribution in [0.2, 0.25) is 5.02 Å². The lowest BCUT2D eigenvalue weighted by Gasteiger charge is -2.34. The van der Waals surface area contributed by atoms with Crippen LogP contribution in [0.4, 0.5) is 0 Å². The van der Waals surface area contributed by atoms with Crippen molar-refractivity contribution in [1.29, 1.82) is 0 Å². The molecule has 3 rings (SSSR count). The van der Waals surface area contributed by atoms with Crippen LogP contribution in [0.3, 0.4) is 0 Å². The predicted molar refractivity (Wildman–Crippen MR) is 92.2 cm³/mol. The topological polar surface area (TPSA) is 59.4 Å². The van der Waals surface area contributed by atoms with E-state index in [-0.39, 0.29) is 11.9 Å². The van der Waals surface area contributed by atoms with E-state index in [0.717, 1.165) is 24.4 Å². The summed E-state index contributed by atoms with van der Waals surface area (Å²) < 4.78 is 6.98. The van der Waals surface area contributed by atoms with Gasteiger partial charge >= 0.3 is 0 Å². The van der Waals surface area contributed by atoms with Crippen LogP contribution in [0.1, 0.15) is 18.0 Å². The van der Waals surface area contributed by atoms with Gasteiger partial charge in [-0.1, -0.05) is 23.7 Å². The molecule has 1 aliphatic heterocycles. The fraction of sp³-hybridized carbons (Fsp3) is 0.412. The zero-order valence-electron chi connectivity index (χ0n) is 13.6. The summed E-state index contributed by atoms with van der Waals surface area (Å²) in [5.41, 5.74) is 1.13. The Hall–Kier alpha value is -2.05. The number of piperazine rings is 1. The summed E-state index contributed by atoms with van der Waals surface area (Å²) in [7, 11) is 1.66. The molecule has 0 radical (unpaired) electrons. The second-order valence-corrected chi connectivity index (χ2v) is 6.23. The summed E-state index contributed by atoms with van der Waals surface area (Å²) in [5, 5.41) is 8.15. The van der Waals surface area contributed by atoms with Gasteiger partial charge in [0.15, 0.2) is 0 Å². The number of carbonyl (C=O) groups excluding carboxylic acids is 1. The average Bonchev–Trinajstić information content (AvgIpc) is 3.05. The Bertz CT molecular complexity index is 703. The van der Waals surface area contributed by atoms with Gasteiger partial charge in [0.2, 0.25) is 5.91 Å². The van der Waals surface area contributed by atoms with Crippen LogP contribution in [-0.4, -0.2) is 47.3 Å². The molecular formula is C17H21ClN4O2. The Morgan fingerprint density at radius 1 is 1.50 bits per heavy atom. The number of aromatic nitrogens is 2. The largest absolute Gasteiger partial charge is 0.497 e. The maximum atomic E-state index is 12.5. The van der Waals surface area contributed by atoms with Crippen molar-refractivity contribution in [1.82, 2.24) is 20.0 Å². The molecule has 7 heteroatoms. The SMILES string of the molecule is COc1cccc(C2CN(C(=O)CCn3cc(Cl)cn3)CCN2)c1. The van der Waals surface area contributed by atoms with Crippen molar-refractivity contribution < 1.29 is 9.53 Å². The highest BCUT2D eigenvalue weighted by molar-refractivity contribution is 6.30. The van der Waals surface area contributed by atoms with E-state index in [1.165, 1.54) is 0 Å². The lowest BCUT2D eigenvalue weighted by atomic mass is 10.0. The molecule has 0 bridgehead atoms. The van der Waals surface area contributed by atoms with Gasteiger partial charge in [-0.3, -0.25) is 9.48 Å². The Morgan fingerprint density at radius 3 is 3.12 bits per heavy atom. The number of hydrogen-bond donors (Lipinski definition) is 1. The van der Waals surface area contributed by atoms with Crippen LogP contribution < -0.4 is 10.1 Å². The fourth-order valence-electron chi connectivity index (χ4n) is 2.89. The van der Waals surface area contributed by atoms with Gasteiger partial charge in [0.25, 0.3) is 0 Å². The van der Waals surface area contributed by atoms with E-state index >= 15 is 0 Å². The van der Waals surface area contributed by atoms with Crippen molar-refractivity contribution >= 4 is 17.5 Å². The molecule has 1 aromatic heterocycles. The van der Waals surface area contributed by atoms with Crippen molar-refractivity contribution in [3.05, 3.63) is 47.2 Å². The number of rotatable bonds is 5. The number of hydrogen-bond acceptors (Lipinski definition) is 4. The van der Waals surface area contributed by atoms with E-state index in [0.29, 0.717) is 24.5 Å². The minimum Gasteiger partial charge on any atom is -0.497 e. The van der Waals surface area contributed by atoms with E-state index in [9.17, 15) is 4.79 Å². The Balaban J connectivity index is 1.59. The number of benzene rings is 1. The van der Waals surface area contributed by atoms with Crippen molar-refractivity contribution in [2.45, 2.75) is 19.0 Å². The highest BCUT2D eigenvalue weighted by atomic mass is 35.5. The van der Waals surface area contributed by atoms with Gasteiger partial charge in [-0.15, -0.1) is 0 Å². The van der Waals surface area contributed by atoms with Crippen molar-refractivity contribution in [2.24, 2.45) is 0 Å². The molecule has 1 aromatic carbocycles. The molecule has 6 nitrogen and oxygen atoms in total. The van der Waals surface area contributed by atoms with Gasteiger partial charge in [0.05, 0.1) is 24.4 Å². The summed E-state index contributed by atoms with van der Waals surface area (Å²) in [4.78, 5) is 14.4. The van der Waals surface area contributed by atoms with E-state index in [1.807, 2.05) is 23.1 Å². The van der Waals surface area contributed by atoms with Crippen LogP contribution in [0.25, 0.3) is 0 Å². The second-order valence-electron chi connectivity index (χ2n) is 5.79. The molecular weight excluding hydrogens is 328 g/mol. The van der Waals surface area contributed by atoms with Gasteiger partial charge in [-0.25, -0.2) is 0 Å². The van der Waals surface area contributed by atoms with Gasteiger partial charge in [0, 0.05) is 38.8 Å². The molecule has 24 heavy (non-hydrogen) atoms. The minimum atomic E-state index is 0.122. The van der Waals surface area contributed by atoms with Crippen LogP contribution >= 0.6 is 11.6 Å². The van der Waals surface area contributed by atoms with E-state index in [4.69, 9.17) is 16.3 Å². The lowest BCUT2D eigenvalue weighted by Crippen LogP contribution is -2.48. The second kappa shape index (κ2) is 7.68. The van der Waals surface area contributed by atoms with Crippen molar-refractivity contribution in [3.8, 4) is 5.75 Å². The number of nitrogens with one attached hydrogen (secondary N) is 1. The fourth-order valence-corrected chi connectivity index (χ4v) is 3.04. The first kappa shape index (κ1) is 16.8. The third-order valence-corrected chi connectivity index (χ3v) is 4.38. The number of aryl methyl sites for hydroxylation is 1. The number of carbonyl (C=O) groups is 1. The monoisotopic (exact) mass is 348 g/mol. The summed E-state index contributed by atoms with van der Waals surface area (Å²) in [6, 6.07) is 8.08. The Kier molecular flexibility index (Phi) is 5.37. The summed E-state index contributed by atoms with van der Waals surface area (Å²) >= 11 is 5.84. The van der Waals surface area contributed by atoms with Gasteiger partial charge in [-0.05, 0) is 17.7 Å². The molecule has 128 valence electrons. The zero-order chi connectivity index (χ0) is 16.9. The third kappa shape index (κ3) is 4.07. The van der Waals surface area contributed by atoms with Crippen LogP contribution in [0.5, 0.6) is 5.75 Å².